The average Bonchev–Trinajstić information content (AvgIpc) is 2.77. The van der Waals surface area contributed by atoms with Crippen molar-refractivity contribution in [2.24, 2.45) is 5.16 Å². The summed E-state index contributed by atoms with van der Waals surface area (Å²) < 4.78 is 13.9. The highest BCUT2D eigenvalue weighted by Gasteiger charge is 2.29. The normalized spacial score (nSPS) is 15.0. The van der Waals surface area contributed by atoms with Crippen LogP contribution in [0.4, 0.5) is 10.1 Å². The van der Waals surface area contributed by atoms with Crippen molar-refractivity contribution in [2.75, 3.05) is 5.32 Å². The van der Waals surface area contributed by atoms with Gasteiger partial charge in [-0.2, -0.15) is 0 Å². The molecule has 0 radical (unpaired) electrons. The summed E-state index contributed by atoms with van der Waals surface area (Å²) >= 11 is 3.21. The molecule has 1 aliphatic heterocycles. The molecule has 21 heavy (non-hydrogen) atoms. The number of carbonyl (C=O) groups excluding carboxylic acids is 1. The van der Waals surface area contributed by atoms with Crippen LogP contribution in [0.5, 0.6) is 0 Å². The maximum atomic E-state index is 13.4. The lowest BCUT2D eigenvalue weighted by molar-refractivity contribution is -0.110. The molecule has 0 aliphatic carbocycles. The van der Waals surface area contributed by atoms with Gasteiger partial charge in [-0.05, 0) is 33.6 Å². The molecule has 0 saturated carbocycles. The number of rotatable bonds is 3. The number of nitrogens with zero attached hydrogens (tertiary/aromatic N) is 1. The van der Waals surface area contributed by atoms with Crippen LogP contribution < -0.4 is 5.32 Å². The second-order valence-corrected chi connectivity index (χ2v) is 5.32. The first-order chi connectivity index (χ1) is 10.1. The fourth-order valence-electron chi connectivity index (χ4n) is 2.02. The highest BCUT2D eigenvalue weighted by atomic mass is 79.9. The van der Waals surface area contributed by atoms with Crippen LogP contribution in [0, 0.1) is 5.82 Å². The van der Waals surface area contributed by atoms with Gasteiger partial charge < -0.3 is 10.2 Å². The van der Waals surface area contributed by atoms with Crippen molar-refractivity contribution in [1.29, 1.82) is 0 Å². The molecule has 3 rings (SSSR count). The smallest absolute Gasteiger partial charge is 0.278 e. The predicted octanol–water partition coefficient (Wildman–Crippen LogP) is 3.46. The van der Waals surface area contributed by atoms with Gasteiger partial charge in [0.05, 0.1) is 5.69 Å². The summed E-state index contributed by atoms with van der Waals surface area (Å²) in [5.74, 6) is -0.864. The van der Waals surface area contributed by atoms with Gasteiger partial charge in [-0.15, -0.1) is 0 Å². The molecule has 2 aromatic rings. The van der Waals surface area contributed by atoms with Crippen LogP contribution in [0.1, 0.15) is 11.1 Å². The lowest BCUT2D eigenvalue weighted by atomic mass is 10.1. The largest absolute Gasteiger partial charge is 0.390 e. The monoisotopic (exact) mass is 348 g/mol. The first-order valence-electron chi connectivity index (χ1n) is 6.20. The molecule has 6 heteroatoms. The van der Waals surface area contributed by atoms with E-state index in [2.05, 4.69) is 26.4 Å². The lowest BCUT2D eigenvalue weighted by Crippen LogP contribution is -2.14. The van der Waals surface area contributed by atoms with Gasteiger partial charge in [0.15, 0.2) is 5.71 Å². The highest BCUT2D eigenvalue weighted by molar-refractivity contribution is 9.10. The molecule has 0 bridgehead atoms. The molecule has 1 amide bonds. The van der Waals surface area contributed by atoms with E-state index in [1.807, 2.05) is 30.3 Å². The fourth-order valence-corrected chi connectivity index (χ4v) is 2.55. The summed E-state index contributed by atoms with van der Waals surface area (Å²) in [6.45, 7) is 0.240. The van der Waals surface area contributed by atoms with Crippen LogP contribution in [-0.4, -0.2) is 11.6 Å². The van der Waals surface area contributed by atoms with Gasteiger partial charge in [0.2, 0.25) is 0 Å². The average molecular weight is 349 g/mol. The molecule has 1 aliphatic rings. The number of hydrogen-bond acceptors (Lipinski definition) is 3. The van der Waals surface area contributed by atoms with Crippen LogP contribution >= 0.6 is 15.9 Å². The second-order valence-electron chi connectivity index (χ2n) is 4.46. The van der Waals surface area contributed by atoms with Crippen LogP contribution in [0.15, 0.2) is 52.1 Å². The van der Waals surface area contributed by atoms with Crippen molar-refractivity contribution >= 4 is 33.2 Å². The SMILES string of the molecule is O=C1Nc2c(Br)cc(F)cc2C1=NOCc1ccccc1. The van der Waals surface area contributed by atoms with Gasteiger partial charge in [-0.3, -0.25) is 4.79 Å². The number of benzene rings is 2. The van der Waals surface area contributed by atoms with E-state index < -0.39 is 11.7 Å². The van der Waals surface area contributed by atoms with Crippen molar-refractivity contribution in [2.45, 2.75) is 6.61 Å². The summed E-state index contributed by atoms with van der Waals surface area (Å²) in [6, 6.07) is 12.0. The molecule has 4 nitrogen and oxygen atoms in total. The first-order valence-corrected chi connectivity index (χ1v) is 6.99. The predicted molar refractivity (Wildman–Crippen MR) is 80.5 cm³/mol. The van der Waals surface area contributed by atoms with Crippen molar-refractivity contribution in [3.05, 3.63) is 63.9 Å². The van der Waals surface area contributed by atoms with Crippen LogP contribution in [0.3, 0.4) is 0 Å². The van der Waals surface area contributed by atoms with Crippen LogP contribution in [-0.2, 0) is 16.2 Å². The van der Waals surface area contributed by atoms with Crippen LogP contribution in [0.25, 0.3) is 0 Å². The number of carbonyl (C=O) groups is 1. The molecule has 106 valence electrons. The van der Waals surface area contributed by atoms with E-state index in [1.54, 1.807) is 0 Å². The Balaban J connectivity index is 1.83. The molecule has 1 heterocycles. The molecular weight excluding hydrogens is 339 g/mol. The van der Waals surface area contributed by atoms with E-state index >= 15 is 0 Å². The lowest BCUT2D eigenvalue weighted by Gasteiger charge is -2.02. The molecular formula is C15H10BrFN2O2. The van der Waals surface area contributed by atoms with Gasteiger partial charge in [-0.25, -0.2) is 4.39 Å². The maximum Gasteiger partial charge on any atom is 0.278 e. The summed E-state index contributed by atoms with van der Waals surface area (Å²) in [5, 5.41) is 6.47. The highest BCUT2D eigenvalue weighted by Crippen LogP contribution is 2.32. The minimum Gasteiger partial charge on any atom is -0.390 e. The molecule has 0 atom stereocenters. The molecule has 0 aromatic heterocycles. The van der Waals surface area contributed by atoms with E-state index in [0.29, 0.717) is 15.7 Å². The minimum atomic E-state index is -0.451. The Morgan fingerprint density at radius 2 is 2.00 bits per heavy atom. The van der Waals surface area contributed by atoms with Gasteiger partial charge in [0, 0.05) is 10.0 Å². The molecule has 0 unspecified atom stereocenters. The van der Waals surface area contributed by atoms with Crippen molar-refractivity contribution in [3.8, 4) is 0 Å². The second kappa shape index (κ2) is 5.65. The summed E-state index contributed by atoms with van der Waals surface area (Å²) in [4.78, 5) is 17.1. The standard InChI is InChI=1S/C15H10BrFN2O2/c16-12-7-10(17)6-11-13(12)18-15(20)14(11)19-21-8-9-4-2-1-3-5-9/h1-7H,8H2,(H,18,19,20). The molecule has 0 spiro atoms. The van der Waals surface area contributed by atoms with Crippen LogP contribution in [0.2, 0.25) is 0 Å². The first kappa shape index (κ1) is 13.8. The third-order valence-corrected chi connectivity index (χ3v) is 3.62. The van der Waals surface area contributed by atoms with Crippen molar-refractivity contribution < 1.29 is 14.0 Å². The van der Waals surface area contributed by atoms with Gasteiger partial charge in [0.1, 0.15) is 12.4 Å². The third-order valence-electron chi connectivity index (χ3n) is 2.99. The Labute approximate surface area is 128 Å². The molecule has 1 N–H and O–H groups in total. The van der Waals surface area contributed by atoms with Gasteiger partial charge in [-0.1, -0.05) is 35.5 Å². The number of amides is 1. The fraction of sp³-hybridized carbons (Fsp3) is 0.0667. The van der Waals surface area contributed by atoms with Gasteiger partial charge >= 0.3 is 0 Å². The topological polar surface area (TPSA) is 50.7 Å². The Hall–Kier alpha value is -2.21. The quantitative estimate of drug-likeness (QED) is 0.863. The molecule has 0 fully saturated rings. The summed E-state index contributed by atoms with van der Waals surface area (Å²) in [6.07, 6.45) is 0. The summed E-state index contributed by atoms with van der Waals surface area (Å²) in [7, 11) is 0. The number of hydrogen-bond donors (Lipinski definition) is 1. The Bertz CT molecular complexity index is 732. The van der Waals surface area contributed by atoms with Gasteiger partial charge in [0.25, 0.3) is 5.91 Å². The zero-order valence-electron chi connectivity index (χ0n) is 10.8. The Kier molecular flexibility index (Phi) is 3.70. The van der Waals surface area contributed by atoms with Crippen molar-refractivity contribution in [1.82, 2.24) is 0 Å². The Morgan fingerprint density at radius 3 is 2.76 bits per heavy atom. The van der Waals surface area contributed by atoms with E-state index in [4.69, 9.17) is 4.84 Å². The number of anilines is 1. The number of halogens is 2. The number of fused-ring (bicyclic) bond motifs is 1. The zero-order chi connectivity index (χ0) is 14.8. The molecule has 0 saturated heterocycles. The van der Waals surface area contributed by atoms with Crippen molar-refractivity contribution in [3.63, 3.8) is 0 Å². The third kappa shape index (κ3) is 2.80. The van der Waals surface area contributed by atoms with E-state index in [0.717, 1.165) is 5.56 Å². The minimum absolute atomic E-state index is 0.0705. The maximum absolute atomic E-state index is 13.4. The summed E-state index contributed by atoms with van der Waals surface area (Å²) in [5.41, 5.74) is 1.89. The van der Waals surface area contributed by atoms with E-state index in [9.17, 15) is 9.18 Å². The van der Waals surface area contributed by atoms with E-state index in [1.165, 1.54) is 12.1 Å². The number of nitrogens with one attached hydrogen (secondary N) is 1. The Morgan fingerprint density at radius 1 is 1.24 bits per heavy atom. The van der Waals surface area contributed by atoms with E-state index in [-0.39, 0.29) is 12.3 Å². The molecule has 2 aromatic carbocycles. The number of oxime groups is 1. The zero-order valence-corrected chi connectivity index (χ0v) is 12.4.